The summed E-state index contributed by atoms with van der Waals surface area (Å²) >= 11 is 0. The lowest BCUT2D eigenvalue weighted by Gasteiger charge is -2.15. The van der Waals surface area contributed by atoms with Gasteiger partial charge in [0.05, 0.1) is 38.8 Å². The summed E-state index contributed by atoms with van der Waals surface area (Å²) in [5.41, 5.74) is 28.6. The molecular weight excluding hydrogens is 1340 g/mol. The first-order chi connectivity index (χ1) is 55.1. The van der Waals surface area contributed by atoms with Crippen molar-refractivity contribution < 1.29 is 0 Å². The molecule has 23 aromatic rings. The molecule has 0 bridgehead atoms. The highest BCUT2D eigenvalue weighted by atomic mass is 15.1. The van der Waals surface area contributed by atoms with Crippen molar-refractivity contribution >= 4 is 130 Å². The van der Waals surface area contributed by atoms with Crippen molar-refractivity contribution in [3.05, 3.63) is 382 Å². The zero-order chi connectivity index (χ0) is 72.5. The molecule has 5 heteroatoms. The Morgan fingerprint density at radius 1 is 0.180 bits per heavy atom. The average molecular weight is 1410 g/mol. The number of hydrogen-bond acceptors (Lipinski definition) is 2. The zero-order valence-corrected chi connectivity index (χ0v) is 60.1. The molecule has 18 aromatic carbocycles. The van der Waals surface area contributed by atoms with Gasteiger partial charge in [0.15, 0.2) is 0 Å². The van der Waals surface area contributed by atoms with Gasteiger partial charge in [-0.15, -0.1) is 0 Å². The summed E-state index contributed by atoms with van der Waals surface area (Å²) in [6, 6.07) is 137. The molecule has 111 heavy (non-hydrogen) atoms. The van der Waals surface area contributed by atoms with Crippen molar-refractivity contribution in [2.75, 3.05) is 0 Å². The van der Waals surface area contributed by atoms with Gasteiger partial charge >= 0.3 is 0 Å². The minimum absolute atomic E-state index is 0.934. The fourth-order valence-electron chi connectivity index (χ4n) is 19.4. The number of benzene rings is 18. The average Bonchev–Trinajstić information content (AvgIpc) is 1.56. The van der Waals surface area contributed by atoms with Crippen molar-refractivity contribution in [2.24, 2.45) is 0 Å². The Hall–Kier alpha value is -14.8. The van der Waals surface area contributed by atoms with E-state index in [4.69, 9.17) is 9.97 Å². The van der Waals surface area contributed by atoms with Crippen LogP contribution in [0.4, 0.5) is 0 Å². The van der Waals surface area contributed by atoms with Gasteiger partial charge in [0.2, 0.25) is 0 Å². The lowest BCUT2D eigenvalue weighted by molar-refractivity contribution is 1.08. The van der Waals surface area contributed by atoms with E-state index < -0.39 is 0 Å². The molecule has 3 aliphatic carbocycles. The zero-order valence-electron chi connectivity index (χ0n) is 60.1. The number of fused-ring (bicyclic) bond motifs is 15. The monoisotopic (exact) mass is 1410 g/mol. The van der Waals surface area contributed by atoms with Crippen molar-refractivity contribution in [1.82, 2.24) is 23.7 Å². The van der Waals surface area contributed by atoms with Crippen LogP contribution >= 0.6 is 0 Å². The van der Waals surface area contributed by atoms with Crippen LogP contribution in [0.25, 0.3) is 237 Å². The molecule has 0 saturated heterocycles. The van der Waals surface area contributed by atoms with Gasteiger partial charge in [-0.2, -0.15) is 0 Å². The predicted octanol–water partition coefficient (Wildman–Crippen LogP) is 28.3. The second-order valence-corrected chi connectivity index (χ2v) is 29.7. The summed E-state index contributed by atoms with van der Waals surface area (Å²) in [5.74, 6) is 1.88. The second-order valence-electron chi connectivity index (χ2n) is 29.7. The summed E-state index contributed by atoms with van der Waals surface area (Å²) in [7, 11) is 0. The van der Waals surface area contributed by atoms with Gasteiger partial charge in [0, 0.05) is 65.9 Å². The molecule has 0 spiro atoms. The molecule has 26 rings (SSSR count). The van der Waals surface area contributed by atoms with E-state index in [0.717, 1.165) is 22.9 Å². The van der Waals surface area contributed by atoms with E-state index in [1.54, 1.807) is 0 Å². The Labute approximate surface area is 638 Å². The van der Waals surface area contributed by atoms with Crippen LogP contribution in [-0.2, 0) is 0 Å². The molecular formula is C106H63N5. The van der Waals surface area contributed by atoms with Gasteiger partial charge in [-0.05, 0) is 217 Å². The first-order valence-electron chi connectivity index (χ1n) is 38.3. The van der Waals surface area contributed by atoms with Gasteiger partial charge in [-0.1, -0.05) is 285 Å². The lowest BCUT2D eigenvalue weighted by Crippen LogP contribution is -1.99. The highest BCUT2D eigenvalue weighted by Gasteiger charge is 2.30. The maximum atomic E-state index is 5.19. The molecule has 5 nitrogen and oxygen atoms in total. The van der Waals surface area contributed by atoms with Crippen LogP contribution in [0.15, 0.2) is 382 Å². The molecule has 512 valence electrons. The third-order valence-corrected chi connectivity index (χ3v) is 24.0. The minimum Gasteiger partial charge on any atom is -0.309 e. The third kappa shape index (κ3) is 8.94. The number of hydrogen-bond donors (Lipinski definition) is 0. The van der Waals surface area contributed by atoms with E-state index in [1.165, 1.54) is 214 Å². The SMILES string of the molecule is c1ccc(-c2cccc(-n3c4cccc5c4c4c6c(cc7ccccc7c6ccc43)-c3ccccc3-5)c2)cc1.c1ccc(-c2cccc(-n3c4cccc5c4c4c6c(cc7ccccc7c6ccc43)-c3ccccc3-5)n2)cc1.c1ccc(-n2c3cccc4c3c3c5c(cc6ccccc6c5ccc32)-c2ccccc2-4)nc1. The van der Waals surface area contributed by atoms with E-state index in [-0.39, 0.29) is 0 Å². The standard InChI is InChI=1S/C38H23N.C37H22N2.C31H18N2/c1-2-10-24(11-3-1)25-13-8-14-27(22-25)39-34-19-9-18-31-29-16-6-7-17-30(29)33-23-26-12-4-5-15-28(26)32-20-21-35(39)38(36(32)33)37(31)34;1-2-10-23(11-3-1)31-17-9-19-34(38-31)39-32-18-8-16-28-26-14-6-7-15-27(26)30-22-24-12-4-5-13-25(24)29-20-21-33(39)37(35(29)30)36(28)32;1-2-9-20-19(8-1)18-25-22-11-4-3-10-21(22)23-12-7-13-26-30(23)31-27(16-15-24(20)29(25)31)33(26)28-14-5-6-17-32-28/h1-23H;1-22H;1-18H. The third-order valence-electron chi connectivity index (χ3n) is 24.0. The number of pyridine rings is 2. The largest absolute Gasteiger partial charge is 0.309 e. The highest BCUT2D eigenvalue weighted by molar-refractivity contribution is 6.37. The molecule has 5 heterocycles. The van der Waals surface area contributed by atoms with Crippen LogP contribution < -0.4 is 0 Å². The number of rotatable bonds is 5. The Morgan fingerprint density at radius 3 is 0.982 bits per heavy atom. The van der Waals surface area contributed by atoms with Crippen LogP contribution in [0.1, 0.15) is 0 Å². The normalized spacial score (nSPS) is 12.1. The topological polar surface area (TPSA) is 40.6 Å². The molecule has 0 saturated carbocycles. The maximum absolute atomic E-state index is 5.19. The molecule has 0 amide bonds. The highest BCUT2D eigenvalue weighted by Crippen LogP contribution is 2.55. The van der Waals surface area contributed by atoms with Crippen molar-refractivity contribution in [2.45, 2.75) is 0 Å². The van der Waals surface area contributed by atoms with Gasteiger partial charge in [0.1, 0.15) is 11.6 Å². The molecule has 0 atom stereocenters. The van der Waals surface area contributed by atoms with Gasteiger partial charge < -0.3 is 4.57 Å². The van der Waals surface area contributed by atoms with E-state index in [1.807, 2.05) is 18.3 Å². The molecule has 0 aliphatic heterocycles. The summed E-state index contributed by atoms with van der Waals surface area (Å²) < 4.78 is 7.14. The predicted molar refractivity (Wildman–Crippen MR) is 467 cm³/mol. The molecule has 0 radical (unpaired) electrons. The van der Waals surface area contributed by atoms with Crippen LogP contribution in [0.5, 0.6) is 0 Å². The number of nitrogens with zero attached hydrogens (tertiary/aromatic N) is 5. The smallest absolute Gasteiger partial charge is 0.138 e. The van der Waals surface area contributed by atoms with Crippen LogP contribution in [0.2, 0.25) is 0 Å². The Kier molecular flexibility index (Phi) is 13.2. The number of aromatic nitrogens is 5. The molecule has 0 unspecified atom stereocenters. The van der Waals surface area contributed by atoms with Crippen molar-refractivity contribution in [1.29, 1.82) is 0 Å². The fourth-order valence-corrected chi connectivity index (χ4v) is 19.4. The second kappa shape index (κ2) is 23.9. The van der Waals surface area contributed by atoms with E-state index in [0.29, 0.717) is 0 Å². The first-order valence-corrected chi connectivity index (χ1v) is 38.3. The quantitative estimate of drug-likeness (QED) is 0.161. The molecule has 5 aromatic heterocycles. The van der Waals surface area contributed by atoms with Gasteiger partial charge in [-0.25, -0.2) is 9.97 Å². The van der Waals surface area contributed by atoms with Crippen LogP contribution in [0.3, 0.4) is 0 Å². The Bertz CT molecular complexity index is 7610. The summed E-state index contributed by atoms with van der Waals surface area (Å²) in [6.07, 6.45) is 1.87. The molecule has 0 N–H and O–H groups in total. The van der Waals surface area contributed by atoms with E-state index in [9.17, 15) is 0 Å². The summed E-state index contributed by atoms with van der Waals surface area (Å²) in [4.78, 5) is 9.92. The maximum Gasteiger partial charge on any atom is 0.138 e. The summed E-state index contributed by atoms with van der Waals surface area (Å²) in [6.45, 7) is 0. The van der Waals surface area contributed by atoms with Crippen LogP contribution in [-0.4, -0.2) is 23.7 Å². The van der Waals surface area contributed by atoms with Gasteiger partial charge in [0.25, 0.3) is 0 Å². The van der Waals surface area contributed by atoms with Crippen molar-refractivity contribution in [3.8, 4) is 106 Å². The van der Waals surface area contributed by atoms with E-state index >= 15 is 0 Å². The molecule has 3 aliphatic rings. The van der Waals surface area contributed by atoms with E-state index in [2.05, 4.69) is 378 Å². The minimum atomic E-state index is 0.934. The Morgan fingerprint density at radius 2 is 0.523 bits per heavy atom. The first kappa shape index (κ1) is 61.4. The van der Waals surface area contributed by atoms with Crippen LogP contribution in [0, 0.1) is 0 Å². The van der Waals surface area contributed by atoms with Gasteiger partial charge in [-0.3, -0.25) is 9.13 Å². The fraction of sp³-hybridized carbons (Fsp3) is 0. The summed E-state index contributed by atoms with van der Waals surface area (Å²) in [5, 5.41) is 23.6. The lowest BCUT2D eigenvalue weighted by atomic mass is 9.90. The Balaban J connectivity index is 0.0000000975. The van der Waals surface area contributed by atoms with Crippen molar-refractivity contribution in [3.63, 3.8) is 0 Å². The molecule has 0 fully saturated rings.